The molecule has 0 spiro atoms. The van der Waals surface area contributed by atoms with E-state index >= 15 is 0 Å². The van der Waals surface area contributed by atoms with Gasteiger partial charge in [0.15, 0.2) is 18.0 Å². The lowest BCUT2D eigenvalue weighted by molar-refractivity contribution is -0.144. The van der Waals surface area contributed by atoms with E-state index in [4.69, 9.17) is 9.47 Å². The molecule has 3 aromatic rings. The monoisotopic (exact) mass is 512 g/mol. The molecule has 0 unspecified atom stereocenters. The maximum absolute atomic E-state index is 13.5. The van der Waals surface area contributed by atoms with Crippen LogP contribution in [0.5, 0.6) is 0 Å². The highest BCUT2D eigenvalue weighted by atomic mass is 32.1. The minimum absolute atomic E-state index is 0.166. The van der Waals surface area contributed by atoms with Crippen molar-refractivity contribution in [3.8, 4) is 5.69 Å². The third-order valence-corrected chi connectivity index (χ3v) is 6.44. The summed E-state index contributed by atoms with van der Waals surface area (Å²) in [6.07, 6.45) is -0.114. The number of aromatic nitrogens is 4. The van der Waals surface area contributed by atoms with Gasteiger partial charge in [-0.05, 0) is 38.8 Å². The predicted octanol–water partition coefficient (Wildman–Crippen LogP) is 1.67. The number of epoxide rings is 1. The molecule has 190 valence electrons. The van der Waals surface area contributed by atoms with Crippen molar-refractivity contribution in [1.29, 1.82) is 0 Å². The van der Waals surface area contributed by atoms with Crippen molar-refractivity contribution >= 4 is 34.9 Å². The Morgan fingerprint density at radius 1 is 1.22 bits per heavy atom. The van der Waals surface area contributed by atoms with Crippen LogP contribution in [-0.2, 0) is 30.3 Å². The summed E-state index contributed by atoms with van der Waals surface area (Å²) in [5.74, 6) is -1.25. The number of nitrogens with one attached hydrogen (secondary N) is 1. The molecule has 3 atom stereocenters. The Hall–Kier alpha value is -3.64. The first-order valence-electron chi connectivity index (χ1n) is 11.5. The number of thiazole rings is 1. The Bertz CT molecular complexity index is 1250. The van der Waals surface area contributed by atoms with Gasteiger partial charge in [-0.15, -0.1) is 16.4 Å². The van der Waals surface area contributed by atoms with Crippen LogP contribution in [0.3, 0.4) is 0 Å². The van der Waals surface area contributed by atoms with E-state index in [0.717, 1.165) is 22.4 Å². The van der Waals surface area contributed by atoms with E-state index in [0.29, 0.717) is 11.5 Å². The van der Waals surface area contributed by atoms with Gasteiger partial charge < -0.3 is 14.8 Å². The van der Waals surface area contributed by atoms with Gasteiger partial charge in [0, 0.05) is 18.8 Å². The van der Waals surface area contributed by atoms with Crippen LogP contribution in [0, 0.1) is 20.8 Å². The molecule has 1 aromatic carbocycles. The van der Waals surface area contributed by atoms with E-state index in [9.17, 15) is 14.4 Å². The number of esters is 1. The zero-order chi connectivity index (χ0) is 26.0. The Morgan fingerprint density at radius 3 is 2.58 bits per heavy atom. The van der Waals surface area contributed by atoms with Gasteiger partial charge in [-0.25, -0.2) is 14.5 Å². The molecule has 2 amide bonds. The van der Waals surface area contributed by atoms with E-state index in [-0.39, 0.29) is 13.0 Å². The topological polar surface area (TPSA) is 132 Å². The van der Waals surface area contributed by atoms with Crippen LogP contribution >= 0.6 is 11.3 Å². The van der Waals surface area contributed by atoms with Crippen LogP contribution in [-0.4, -0.2) is 69.7 Å². The predicted molar refractivity (Wildman–Crippen MR) is 132 cm³/mol. The number of amides is 2. The summed E-state index contributed by atoms with van der Waals surface area (Å²) in [6, 6.07) is 3.16. The van der Waals surface area contributed by atoms with Crippen LogP contribution in [0.4, 0.5) is 5.82 Å². The Morgan fingerprint density at radius 2 is 1.94 bits per heavy atom. The Balaban J connectivity index is 1.51. The molecule has 1 fully saturated rings. The number of likely N-dealkylation sites (N-methyl/N-ethyl adjacent to an activating group) is 1. The van der Waals surface area contributed by atoms with Crippen molar-refractivity contribution in [2.75, 3.05) is 18.6 Å². The van der Waals surface area contributed by atoms with Crippen molar-refractivity contribution in [2.45, 2.75) is 52.4 Å². The summed E-state index contributed by atoms with van der Waals surface area (Å²) in [5, 5.41) is 12.9. The molecule has 1 saturated heterocycles. The van der Waals surface area contributed by atoms with Gasteiger partial charge in [-0.3, -0.25) is 14.5 Å². The molecule has 12 heteroatoms. The Kier molecular flexibility index (Phi) is 7.45. The number of aryl methyl sites for hydroxylation is 3. The van der Waals surface area contributed by atoms with Crippen molar-refractivity contribution in [2.24, 2.45) is 0 Å². The van der Waals surface area contributed by atoms with E-state index in [2.05, 4.69) is 32.7 Å². The molecule has 1 N–H and O–H groups in total. The second-order valence-corrected chi connectivity index (χ2v) is 9.36. The maximum Gasteiger partial charge on any atom is 0.338 e. The normalized spacial score (nSPS) is 17.4. The van der Waals surface area contributed by atoms with Crippen molar-refractivity contribution in [3.05, 3.63) is 51.6 Å². The minimum atomic E-state index is -0.992. The molecule has 0 radical (unpaired) electrons. The number of benzene rings is 1. The summed E-state index contributed by atoms with van der Waals surface area (Å²) in [5.41, 5.74) is 6.41. The average molecular weight is 513 g/mol. The van der Waals surface area contributed by atoms with Crippen molar-refractivity contribution in [3.63, 3.8) is 0 Å². The highest BCUT2D eigenvalue weighted by molar-refractivity contribution is 7.07. The first kappa shape index (κ1) is 25.5. The molecule has 2 aromatic heterocycles. The molecular weight excluding hydrogens is 484 g/mol. The highest BCUT2D eigenvalue weighted by Gasteiger charge is 2.52. The summed E-state index contributed by atoms with van der Waals surface area (Å²) >= 11 is 1.39. The van der Waals surface area contributed by atoms with Gasteiger partial charge in [0.25, 0.3) is 11.8 Å². The maximum atomic E-state index is 13.5. The number of ether oxygens (including phenoxy) is 2. The van der Waals surface area contributed by atoms with E-state index in [1.807, 2.05) is 20.8 Å². The Labute approximate surface area is 212 Å². The highest BCUT2D eigenvalue weighted by Crippen LogP contribution is 2.25. The second-order valence-electron chi connectivity index (χ2n) is 8.64. The van der Waals surface area contributed by atoms with Crippen LogP contribution in [0.2, 0.25) is 0 Å². The van der Waals surface area contributed by atoms with Crippen LogP contribution in [0.1, 0.15) is 29.3 Å². The SMILES string of the molecule is CCOC(=O)[C@H]1O[C@@H]1C(=O)N[C@@H](Cc1cscn1)C(=O)N(C)c1cn(-c2c(C)cc(C)cc2C)nn1. The fraction of sp³-hybridized carbons (Fsp3) is 0.417. The molecule has 0 saturated carbocycles. The first-order valence-corrected chi connectivity index (χ1v) is 12.4. The second kappa shape index (κ2) is 10.5. The van der Waals surface area contributed by atoms with Crippen LogP contribution < -0.4 is 10.2 Å². The average Bonchev–Trinajstić information content (AvgIpc) is 3.20. The minimum Gasteiger partial charge on any atom is -0.464 e. The molecule has 1 aliphatic rings. The number of hydrogen-bond donors (Lipinski definition) is 1. The summed E-state index contributed by atoms with van der Waals surface area (Å²) in [7, 11) is 1.57. The van der Waals surface area contributed by atoms with Gasteiger partial charge in [0.1, 0.15) is 6.04 Å². The number of anilines is 1. The number of carbonyl (C=O) groups is 3. The number of nitrogens with zero attached hydrogens (tertiary/aromatic N) is 5. The summed E-state index contributed by atoms with van der Waals surface area (Å²) < 4.78 is 11.7. The number of rotatable bonds is 9. The standard InChI is InChI=1S/C24H28N6O5S/c1-6-34-24(33)21-20(35-21)22(31)26-17(9-16-11-36-12-25-16)23(32)29(5)18-10-30(28-27-18)19-14(3)7-13(2)8-15(19)4/h7-8,10-12,17,20-21H,6,9H2,1-5H3,(H,26,31)/t17-,20-,21-/m0/s1. The summed E-state index contributed by atoms with van der Waals surface area (Å²) in [6.45, 7) is 7.88. The molecule has 3 heterocycles. The third kappa shape index (κ3) is 5.44. The van der Waals surface area contributed by atoms with Crippen LogP contribution in [0.25, 0.3) is 5.69 Å². The molecule has 11 nitrogen and oxygen atoms in total. The lowest BCUT2D eigenvalue weighted by Gasteiger charge is -2.22. The zero-order valence-corrected chi connectivity index (χ0v) is 21.5. The van der Waals surface area contributed by atoms with Crippen LogP contribution in [0.15, 0.2) is 29.2 Å². The fourth-order valence-corrected chi connectivity index (χ4v) is 4.69. The smallest absolute Gasteiger partial charge is 0.338 e. The molecular formula is C24H28N6O5S. The molecule has 0 bridgehead atoms. The van der Waals surface area contributed by atoms with Gasteiger partial charge in [-0.1, -0.05) is 22.9 Å². The first-order chi connectivity index (χ1) is 17.2. The third-order valence-electron chi connectivity index (χ3n) is 5.80. The van der Waals surface area contributed by atoms with E-state index < -0.39 is 36.0 Å². The summed E-state index contributed by atoms with van der Waals surface area (Å²) in [4.78, 5) is 43.6. The largest absolute Gasteiger partial charge is 0.464 e. The number of carbonyl (C=O) groups excluding carboxylic acids is 3. The zero-order valence-electron chi connectivity index (χ0n) is 20.7. The quantitative estimate of drug-likeness (QED) is 0.338. The molecule has 4 rings (SSSR count). The van der Waals surface area contributed by atoms with Gasteiger partial charge >= 0.3 is 5.97 Å². The molecule has 36 heavy (non-hydrogen) atoms. The molecule has 1 aliphatic heterocycles. The van der Waals surface area contributed by atoms with Crippen molar-refractivity contribution < 1.29 is 23.9 Å². The van der Waals surface area contributed by atoms with Crippen molar-refractivity contribution in [1.82, 2.24) is 25.3 Å². The number of hydrogen-bond acceptors (Lipinski definition) is 9. The van der Waals surface area contributed by atoms with Gasteiger partial charge in [-0.2, -0.15) is 0 Å². The fourth-order valence-electron chi connectivity index (χ4n) is 4.12. The lowest BCUT2D eigenvalue weighted by atomic mass is 10.1. The van der Waals surface area contributed by atoms with Gasteiger partial charge in [0.05, 0.1) is 29.7 Å². The molecule has 0 aliphatic carbocycles. The van der Waals surface area contributed by atoms with E-state index in [1.165, 1.54) is 16.2 Å². The lowest BCUT2D eigenvalue weighted by Crippen LogP contribution is -2.50. The van der Waals surface area contributed by atoms with E-state index in [1.54, 1.807) is 35.7 Å². The van der Waals surface area contributed by atoms with Gasteiger partial charge in [0.2, 0.25) is 0 Å².